The van der Waals surface area contributed by atoms with Gasteiger partial charge < -0.3 is 0 Å². The molecule has 1 aliphatic heterocycles. The van der Waals surface area contributed by atoms with Crippen molar-refractivity contribution >= 4 is 26.5 Å². The van der Waals surface area contributed by atoms with Crippen LogP contribution >= 0.6 is 0 Å². The summed E-state index contributed by atoms with van der Waals surface area (Å²) >= 11 is -0.186. The van der Waals surface area contributed by atoms with E-state index >= 15 is 0 Å². The summed E-state index contributed by atoms with van der Waals surface area (Å²) in [6.07, 6.45) is 5.56. The predicted octanol–water partition coefficient (Wildman–Crippen LogP) is 3.70. The van der Waals surface area contributed by atoms with E-state index in [1.807, 2.05) is 78.9 Å². The Labute approximate surface area is 135 Å². The van der Waals surface area contributed by atoms with E-state index in [2.05, 4.69) is 0 Å². The van der Waals surface area contributed by atoms with Gasteiger partial charge in [-0.25, -0.2) is 0 Å². The number of allylic oxidation sites excluding steroid dienone is 4. The predicted molar refractivity (Wildman–Crippen MR) is 88.3 cm³/mol. The van der Waals surface area contributed by atoms with Crippen LogP contribution in [0.3, 0.4) is 0 Å². The maximum absolute atomic E-state index is 12.5. The Hall–Kier alpha value is -2.22. The minimum absolute atomic E-state index is 0.0239. The van der Waals surface area contributed by atoms with E-state index in [4.69, 9.17) is 0 Å². The van der Waals surface area contributed by atoms with Gasteiger partial charge in [-0.05, 0) is 0 Å². The van der Waals surface area contributed by atoms with Crippen LogP contribution in [0.1, 0.15) is 20.7 Å². The van der Waals surface area contributed by atoms with E-state index in [-0.39, 0.29) is 31.3 Å². The summed E-state index contributed by atoms with van der Waals surface area (Å²) < 4.78 is 0.746. The van der Waals surface area contributed by atoms with Crippen molar-refractivity contribution in [3.8, 4) is 0 Å². The number of ketones is 2. The molecule has 108 valence electrons. The molecule has 0 saturated heterocycles. The number of benzene rings is 2. The first kappa shape index (κ1) is 14.7. The topological polar surface area (TPSA) is 34.1 Å². The summed E-state index contributed by atoms with van der Waals surface area (Å²) in [7, 11) is 0. The molecule has 0 fully saturated rings. The Balaban J connectivity index is 1.78. The molecule has 3 rings (SSSR count). The Kier molecular flexibility index (Phi) is 4.47. The molecule has 0 spiro atoms. The maximum atomic E-state index is 12.5. The van der Waals surface area contributed by atoms with Crippen LogP contribution in [-0.2, 0) is 0 Å². The summed E-state index contributed by atoms with van der Waals surface area (Å²) in [6.45, 7) is 0. The molecule has 1 heterocycles. The molecule has 0 bridgehead atoms. The van der Waals surface area contributed by atoms with E-state index in [0.29, 0.717) is 11.1 Å². The van der Waals surface area contributed by atoms with Crippen molar-refractivity contribution in [1.29, 1.82) is 0 Å². The SMILES string of the molecule is O=C(C1=CC=CC(C(=O)c2ccccc2)[Se]1)c1ccccc1. The van der Waals surface area contributed by atoms with Gasteiger partial charge in [0.05, 0.1) is 0 Å². The van der Waals surface area contributed by atoms with Crippen molar-refractivity contribution in [1.82, 2.24) is 0 Å². The Morgan fingerprint density at radius 1 is 0.818 bits per heavy atom. The molecule has 0 aromatic heterocycles. The van der Waals surface area contributed by atoms with Crippen molar-refractivity contribution in [2.24, 2.45) is 0 Å². The third-order valence-electron chi connectivity index (χ3n) is 3.36. The summed E-state index contributed by atoms with van der Waals surface area (Å²) in [6, 6.07) is 18.5. The number of carbonyl (C=O) groups excluding carboxylic acids is 2. The van der Waals surface area contributed by atoms with Crippen LogP contribution in [0.4, 0.5) is 0 Å². The number of hydrogen-bond acceptors (Lipinski definition) is 2. The van der Waals surface area contributed by atoms with E-state index in [1.54, 1.807) is 0 Å². The fourth-order valence-corrected chi connectivity index (χ4v) is 4.47. The van der Waals surface area contributed by atoms with Crippen LogP contribution < -0.4 is 0 Å². The van der Waals surface area contributed by atoms with Crippen molar-refractivity contribution in [3.63, 3.8) is 0 Å². The zero-order chi connectivity index (χ0) is 15.4. The third kappa shape index (κ3) is 3.16. The second-order valence-electron chi connectivity index (χ2n) is 4.88. The summed E-state index contributed by atoms with van der Waals surface area (Å²) in [5.41, 5.74) is 1.38. The average molecular weight is 353 g/mol. The Morgan fingerprint density at radius 3 is 2.05 bits per heavy atom. The second-order valence-corrected chi connectivity index (χ2v) is 7.36. The van der Waals surface area contributed by atoms with Crippen LogP contribution in [0, 0.1) is 0 Å². The Morgan fingerprint density at radius 2 is 1.41 bits per heavy atom. The minimum atomic E-state index is -0.206. The molecular formula is C19H14O2Se. The molecule has 1 aliphatic rings. The molecule has 3 heteroatoms. The monoisotopic (exact) mass is 354 g/mol. The van der Waals surface area contributed by atoms with Gasteiger partial charge in [0.1, 0.15) is 0 Å². The zero-order valence-electron chi connectivity index (χ0n) is 11.8. The van der Waals surface area contributed by atoms with E-state index in [9.17, 15) is 9.59 Å². The summed E-state index contributed by atoms with van der Waals surface area (Å²) in [4.78, 5) is 24.8. The van der Waals surface area contributed by atoms with Gasteiger partial charge in [0.25, 0.3) is 0 Å². The molecule has 0 amide bonds. The molecule has 2 aromatic carbocycles. The van der Waals surface area contributed by atoms with Gasteiger partial charge in [-0.2, -0.15) is 0 Å². The van der Waals surface area contributed by atoms with Crippen molar-refractivity contribution in [2.75, 3.05) is 0 Å². The zero-order valence-corrected chi connectivity index (χ0v) is 13.5. The number of Topliss-reactive ketones (excluding diaryl/α,β-unsaturated/α-hetero) is 2. The number of carbonyl (C=O) groups is 2. The standard InChI is InChI=1S/C19H14O2Se/c20-18(14-8-3-1-4-9-14)16-12-7-13-17(22-16)19(21)15-10-5-2-6-11-15/h1-13,16H. The first-order valence-corrected chi connectivity index (χ1v) is 8.84. The molecule has 0 N–H and O–H groups in total. The summed E-state index contributed by atoms with van der Waals surface area (Å²) in [5, 5.41) is 0. The van der Waals surface area contributed by atoms with Gasteiger partial charge in [0.2, 0.25) is 0 Å². The molecule has 22 heavy (non-hydrogen) atoms. The van der Waals surface area contributed by atoms with Gasteiger partial charge in [-0.1, -0.05) is 0 Å². The van der Waals surface area contributed by atoms with Crippen LogP contribution in [-0.4, -0.2) is 26.5 Å². The molecule has 2 aromatic rings. The molecule has 1 atom stereocenters. The fraction of sp³-hybridized carbons (Fsp3) is 0.0526. The molecule has 0 radical (unpaired) electrons. The van der Waals surface area contributed by atoms with Crippen molar-refractivity contribution < 1.29 is 9.59 Å². The van der Waals surface area contributed by atoms with Crippen LogP contribution in [0.5, 0.6) is 0 Å². The molecule has 1 unspecified atom stereocenters. The van der Waals surface area contributed by atoms with Crippen LogP contribution in [0.2, 0.25) is 4.82 Å². The van der Waals surface area contributed by atoms with Gasteiger partial charge in [-0.15, -0.1) is 0 Å². The van der Waals surface area contributed by atoms with Crippen molar-refractivity contribution in [3.05, 3.63) is 94.5 Å². The Bertz CT molecular complexity index is 746. The average Bonchev–Trinajstić information content (AvgIpc) is 2.62. The van der Waals surface area contributed by atoms with Gasteiger partial charge in [0.15, 0.2) is 0 Å². The first-order chi connectivity index (χ1) is 10.8. The number of hydrogen-bond donors (Lipinski definition) is 0. The van der Waals surface area contributed by atoms with Crippen LogP contribution in [0.25, 0.3) is 0 Å². The van der Waals surface area contributed by atoms with Crippen LogP contribution in [0.15, 0.2) is 83.4 Å². The first-order valence-electron chi connectivity index (χ1n) is 7.00. The molecular weight excluding hydrogens is 339 g/mol. The van der Waals surface area contributed by atoms with E-state index < -0.39 is 0 Å². The number of rotatable bonds is 4. The normalized spacial score (nSPS) is 16.9. The van der Waals surface area contributed by atoms with E-state index in [0.717, 1.165) is 4.47 Å². The van der Waals surface area contributed by atoms with Gasteiger partial charge in [0, 0.05) is 0 Å². The third-order valence-corrected chi connectivity index (χ3v) is 5.88. The van der Waals surface area contributed by atoms with E-state index in [1.165, 1.54) is 0 Å². The van der Waals surface area contributed by atoms with Gasteiger partial charge in [-0.3, -0.25) is 0 Å². The van der Waals surface area contributed by atoms with Crippen molar-refractivity contribution in [2.45, 2.75) is 4.82 Å². The summed E-state index contributed by atoms with van der Waals surface area (Å²) in [5.74, 6) is 0.110. The quantitative estimate of drug-likeness (QED) is 0.621. The second kappa shape index (κ2) is 6.69. The van der Waals surface area contributed by atoms with Gasteiger partial charge >= 0.3 is 135 Å². The fourth-order valence-electron chi connectivity index (χ4n) is 2.23. The molecule has 2 nitrogen and oxygen atoms in total. The molecule has 0 aliphatic carbocycles. The molecule has 0 saturated carbocycles.